The molecule has 0 saturated carbocycles. The van der Waals surface area contributed by atoms with Crippen molar-refractivity contribution in [3.8, 4) is 22.4 Å². The molecule has 0 bridgehead atoms. The summed E-state index contributed by atoms with van der Waals surface area (Å²) in [5, 5.41) is 10.1. The van der Waals surface area contributed by atoms with Crippen LogP contribution in [0.2, 0.25) is 0 Å². The van der Waals surface area contributed by atoms with Gasteiger partial charge < -0.3 is 15.0 Å². The summed E-state index contributed by atoms with van der Waals surface area (Å²) in [7, 11) is 0. The Balaban J connectivity index is 0.751. The average molecular weight is 860 g/mol. The van der Waals surface area contributed by atoms with Crippen LogP contribution in [-0.2, 0) is 25.7 Å². The van der Waals surface area contributed by atoms with Crippen molar-refractivity contribution in [2.75, 3.05) is 51.3 Å². The number of carbonyl (C=O) groups excluding carboxylic acids is 5. The van der Waals surface area contributed by atoms with Crippen LogP contribution in [0.15, 0.2) is 67.1 Å². The maximum atomic E-state index is 15.4. The molecule has 0 spiro atoms. The number of nitrogens with zero attached hydrogens (tertiary/aromatic N) is 7. The van der Waals surface area contributed by atoms with Crippen LogP contribution < -0.4 is 10.6 Å². The van der Waals surface area contributed by atoms with Crippen LogP contribution in [0.3, 0.4) is 0 Å². The maximum Gasteiger partial charge on any atom is 0.264 e. The Labute approximate surface area is 361 Å². The number of benzene rings is 3. The van der Waals surface area contributed by atoms with Crippen LogP contribution in [-0.4, -0.2) is 116 Å². The van der Waals surface area contributed by atoms with E-state index in [2.05, 4.69) is 20.7 Å². The highest BCUT2D eigenvalue weighted by atomic mass is 19.1. The van der Waals surface area contributed by atoms with E-state index in [4.69, 9.17) is 9.72 Å². The van der Waals surface area contributed by atoms with Crippen molar-refractivity contribution in [2.24, 2.45) is 0 Å². The van der Waals surface area contributed by atoms with E-state index in [0.29, 0.717) is 92.3 Å². The Kier molecular flexibility index (Phi) is 12.0. The summed E-state index contributed by atoms with van der Waals surface area (Å²) in [6.45, 7) is 4.24. The number of halogens is 2. The van der Waals surface area contributed by atoms with Crippen LogP contribution in [0.4, 0.5) is 14.5 Å². The molecule has 1 unspecified atom stereocenters. The first-order valence-corrected chi connectivity index (χ1v) is 21.6. The van der Waals surface area contributed by atoms with Crippen LogP contribution >= 0.6 is 0 Å². The summed E-state index contributed by atoms with van der Waals surface area (Å²) >= 11 is 0. The fourth-order valence-corrected chi connectivity index (χ4v) is 8.97. The summed E-state index contributed by atoms with van der Waals surface area (Å²) in [6, 6.07) is 12.2. The lowest BCUT2D eigenvalue weighted by Gasteiger charge is -2.32. The number of imide groups is 2. The molecule has 9 rings (SSSR count). The number of hydrogen-bond donors (Lipinski definition) is 2. The summed E-state index contributed by atoms with van der Waals surface area (Å²) in [4.78, 5) is 78.1. The first kappa shape index (κ1) is 41.9. The number of amides is 5. The molecule has 5 aromatic rings. The molecular weight excluding hydrogens is 813 g/mol. The normalized spacial score (nSPS) is 18.6. The van der Waals surface area contributed by atoms with Gasteiger partial charge in [0.2, 0.25) is 17.7 Å². The minimum absolute atomic E-state index is 0.0365. The van der Waals surface area contributed by atoms with E-state index in [1.807, 2.05) is 26.7 Å². The number of anilines is 1. The molecule has 3 saturated heterocycles. The van der Waals surface area contributed by atoms with E-state index < -0.39 is 41.3 Å². The van der Waals surface area contributed by atoms with E-state index >= 15 is 8.78 Å². The van der Waals surface area contributed by atoms with Gasteiger partial charge in [-0.2, -0.15) is 5.10 Å². The molecule has 17 heteroatoms. The van der Waals surface area contributed by atoms with Crippen LogP contribution in [0.25, 0.3) is 33.4 Å². The summed E-state index contributed by atoms with van der Waals surface area (Å²) in [5.41, 5.74) is 4.43. The van der Waals surface area contributed by atoms with Gasteiger partial charge in [-0.1, -0.05) is 24.6 Å². The largest absolute Gasteiger partial charge is 0.384 e. The van der Waals surface area contributed by atoms with Crippen molar-refractivity contribution in [1.82, 2.24) is 39.8 Å². The number of rotatable bonds is 13. The summed E-state index contributed by atoms with van der Waals surface area (Å²) in [6.07, 6.45) is 9.62. The zero-order chi connectivity index (χ0) is 43.6. The Morgan fingerprint density at radius 2 is 1.62 bits per heavy atom. The van der Waals surface area contributed by atoms with Crippen molar-refractivity contribution < 1.29 is 37.5 Å². The zero-order valence-electron chi connectivity index (χ0n) is 34.7. The predicted molar refractivity (Wildman–Crippen MR) is 227 cm³/mol. The molecule has 2 aromatic heterocycles. The Bertz CT molecular complexity index is 2580. The monoisotopic (exact) mass is 859 g/mol. The average Bonchev–Trinajstić information content (AvgIpc) is 3.89. The first-order valence-electron chi connectivity index (χ1n) is 21.6. The SMILES string of the molecule is O=C1CCC(N2C(=O)c3cccc(NCCCCCC(=O)N4CCC(n5cc(-c6cnc7cccc(-c8cc(F)c(CN9CCOCC9)c(F)c8)c7n6)cn5)CC4)c3C2=O)C(=O)N1. The van der Waals surface area contributed by atoms with Gasteiger partial charge in [0.25, 0.3) is 11.8 Å². The second kappa shape index (κ2) is 18.1. The minimum atomic E-state index is -1.02. The fraction of sp³-hybridized carbons (Fsp3) is 0.391. The molecule has 5 amide bonds. The van der Waals surface area contributed by atoms with E-state index in [0.717, 1.165) is 36.1 Å². The number of aromatic nitrogens is 4. The highest BCUT2D eigenvalue weighted by Gasteiger charge is 2.45. The van der Waals surface area contributed by atoms with Gasteiger partial charge in [-0.05, 0) is 68.0 Å². The van der Waals surface area contributed by atoms with Gasteiger partial charge in [-0.25, -0.2) is 13.8 Å². The number of para-hydroxylation sites is 1. The minimum Gasteiger partial charge on any atom is -0.384 e. The van der Waals surface area contributed by atoms with E-state index in [-0.39, 0.29) is 48.0 Å². The van der Waals surface area contributed by atoms with Gasteiger partial charge in [0.05, 0.1) is 59.5 Å². The Morgan fingerprint density at radius 1 is 0.857 bits per heavy atom. The molecule has 63 heavy (non-hydrogen) atoms. The van der Waals surface area contributed by atoms with Crippen molar-refractivity contribution in [1.29, 1.82) is 0 Å². The first-order chi connectivity index (χ1) is 30.6. The standard InChI is InChI=1S/C46H47F2N9O6/c47-34-22-28(23-35(48)33(34)27-54-18-20-63-21-19-54)31-6-4-9-37-43(31)52-38(25-50-37)29-24-51-56(26-29)30-13-16-55(17-14-30)41(59)10-2-1-3-15-49-36-8-5-7-32-42(36)46(62)57(45(32)61)39-11-12-40(58)53-44(39)60/h4-9,22-26,30,39,49H,1-3,10-21,27H2,(H,53,58,60). The lowest BCUT2D eigenvalue weighted by molar-refractivity contribution is -0.136. The number of carbonyl (C=O) groups is 5. The van der Waals surface area contributed by atoms with Crippen molar-refractivity contribution in [2.45, 2.75) is 70.0 Å². The maximum absolute atomic E-state index is 15.4. The third-order valence-electron chi connectivity index (χ3n) is 12.4. The number of ether oxygens (including phenoxy) is 1. The summed E-state index contributed by atoms with van der Waals surface area (Å²) < 4.78 is 38.1. The number of piperidine rings is 2. The quantitative estimate of drug-likeness (QED) is 0.113. The number of likely N-dealkylation sites (tertiary alicyclic amines) is 1. The molecule has 1 atom stereocenters. The highest BCUT2D eigenvalue weighted by molar-refractivity contribution is 6.25. The van der Waals surface area contributed by atoms with Gasteiger partial charge in [-0.15, -0.1) is 0 Å². The van der Waals surface area contributed by atoms with Gasteiger partial charge in [0.15, 0.2) is 0 Å². The van der Waals surface area contributed by atoms with Crippen molar-refractivity contribution in [3.05, 3.63) is 95.4 Å². The van der Waals surface area contributed by atoms with Crippen LogP contribution in [0, 0.1) is 11.6 Å². The number of nitrogens with one attached hydrogen (secondary N) is 2. The molecular formula is C46H47F2N9O6. The van der Waals surface area contributed by atoms with Gasteiger partial charge in [0.1, 0.15) is 17.7 Å². The Hall–Kier alpha value is -6.46. The topological polar surface area (TPSA) is 172 Å². The molecule has 326 valence electrons. The molecule has 4 aliphatic rings. The predicted octanol–water partition coefficient (Wildman–Crippen LogP) is 5.51. The molecule has 0 radical (unpaired) electrons. The second-order valence-electron chi connectivity index (χ2n) is 16.5. The van der Waals surface area contributed by atoms with Gasteiger partial charge in [-0.3, -0.25) is 48.8 Å². The second-order valence-corrected chi connectivity index (χ2v) is 16.5. The lowest BCUT2D eigenvalue weighted by Crippen LogP contribution is -2.54. The van der Waals surface area contributed by atoms with Crippen LogP contribution in [0.1, 0.15) is 83.7 Å². The molecule has 3 aromatic carbocycles. The number of unbranched alkanes of at least 4 members (excludes halogenated alkanes) is 2. The van der Waals surface area contributed by atoms with Crippen molar-refractivity contribution >= 4 is 46.3 Å². The fourth-order valence-electron chi connectivity index (χ4n) is 8.97. The number of morpholine rings is 1. The summed E-state index contributed by atoms with van der Waals surface area (Å²) in [5.74, 6) is -3.27. The molecule has 3 fully saturated rings. The van der Waals surface area contributed by atoms with Gasteiger partial charge in [0, 0.05) is 80.7 Å². The highest BCUT2D eigenvalue weighted by Crippen LogP contribution is 2.34. The molecule has 2 N–H and O–H groups in total. The Morgan fingerprint density at radius 3 is 2.40 bits per heavy atom. The smallest absolute Gasteiger partial charge is 0.264 e. The van der Waals surface area contributed by atoms with Gasteiger partial charge >= 0.3 is 0 Å². The lowest BCUT2D eigenvalue weighted by atomic mass is 10.0. The van der Waals surface area contributed by atoms with Crippen molar-refractivity contribution in [3.63, 3.8) is 0 Å². The number of fused-ring (bicyclic) bond motifs is 2. The third kappa shape index (κ3) is 8.67. The number of hydrogen-bond acceptors (Lipinski definition) is 11. The molecule has 4 aliphatic heterocycles. The van der Waals surface area contributed by atoms with E-state index in [1.165, 1.54) is 12.1 Å². The van der Waals surface area contributed by atoms with E-state index in [9.17, 15) is 24.0 Å². The zero-order valence-corrected chi connectivity index (χ0v) is 34.7. The third-order valence-corrected chi connectivity index (χ3v) is 12.4. The molecule has 15 nitrogen and oxygen atoms in total. The molecule has 6 heterocycles. The van der Waals surface area contributed by atoms with Crippen LogP contribution in [0.5, 0.6) is 0 Å². The van der Waals surface area contributed by atoms with E-state index in [1.54, 1.807) is 42.7 Å². The molecule has 0 aliphatic carbocycles.